The first kappa shape index (κ1) is 14.4. The summed E-state index contributed by atoms with van der Waals surface area (Å²) in [5, 5.41) is 7.17. The van der Waals surface area contributed by atoms with Crippen LogP contribution in [0, 0.1) is 0 Å². The van der Waals surface area contributed by atoms with Gasteiger partial charge in [0.15, 0.2) is 0 Å². The Kier molecular flexibility index (Phi) is 3.63. The van der Waals surface area contributed by atoms with Gasteiger partial charge in [-0.25, -0.2) is 0 Å². The fourth-order valence-corrected chi connectivity index (χ4v) is 4.50. The van der Waals surface area contributed by atoms with Crippen molar-refractivity contribution in [1.29, 1.82) is 0 Å². The fourth-order valence-electron chi connectivity index (χ4n) is 2.82. The SMILES string of the molecule is COc1ccc(-c2nsc3c2NC(=O)C[C@H]3c2ccsc2)cc1. The molecule has 2 aromatic heterocycles. The van der Waals surface area contributed by atoms with Crippen molar-refractivity contribution in [1.82, 2.24) is 4.37 Å². The van der Waals surface area contributed by atoms with Crippen molar-refractivity contribution in [3.63, 3.8) is 0 Å². The maximum atomic E-state index is 12.2. The minimum atomic E-state index is 0.0451. The summed E-state index contributed by atoms with van der Waals surface area (Å²) in [5.74, 6) is 0.955. The maximum Gasteiger partial charge on any atom is 0.225 e. The van der Waals surface area contributed by atoms with E-state index in [-0.39, 0.29) is 11.8 Å². The smallest absolute Gasteiger partial charge is 0.225 e. The van der Waals surface area contributed by atoms with E-state index in [2.05, 4.69) is 21.1 Å². The molecule has 3 aromatic rings. The summed E-state index contributed by atoms with van der Waals surface area (Å²) in [6.45, 7) is 0. The monoisotopic (exact) mass is 342 g/mol. The average molecular weight is 342 g/mol. The Bertz CT molecular complexity index is 838. The molecule has 0 unspecified atom stereocenters. The number of fused-ring (bicyclic) bond motifs is 1. The van der Waals surface area contributed by atoms with E-state index < -0.39 is 0 Å². The van der Waals surface area contributed by atoms with Gasteiger partial charge in [-0.1, -0.05) is 0 Å². The second-order valence-electron chi connectivity index (χ2n) is 5.36. The molecule has 0 radical (unpaired) electrons. The van der Waals surface area contributed by atoms with Crippen LogP contribution < -0.4 is 10.1 Å². The van der Waals surface area contributed by atoms with Crippen molar-refractivity contribution in [2.45, 2.75) is 12.3 Å². The van der Waals surface area contributed by atoms with Gasteiger partial charge in [0, 0.05) is 17.9 Å². The number of carbonyl (C=O) groups is 1. The highest BCUT2D eigenvalue weighted by Crippen LogP contribution is 2.45. The van der Waals surface area contributed by atoms with Crippen molar-refractivity contribution < 1.29 is 9.53 Å². The van der Waals surface area contributed by atoms with Crippen molar-refractivity contribution in [3.05, 3.63) is 51.5 Å². The summed E-state index contributed by atoms with van der Waals surface area (Å²) >= 11 is 3.13. The largest absolute Gasteiger partial charge is 0.497 e. The van der Waals surface area contributed by atoms with Crippen molar-refractivity contribution in [2.75, 3.05) is 12.4 Å². The van der Waals surface area contributed by atoms with Crippen molar-refractivity contribution in [3.8, 4) is 17.0 Å². The minimum Gasteiger partial charge on any atom is -0.497 e. The second-order valence-corrected chi connectivity index (χ2v) is 6.95. The number of carbonyl (C=O) groups excluding carboxylic acids is 1. The van der Waals surface area contributed by atoms with Crippen LogP contribution in [0.25, 0.3) is 11.3 Å². The molecule has 23 heavy (non-hydrogen) atoms. The summed E-state index contributed by atoms with van der Waals surface area (Å²) in [7, 11) is 1.64. The number of anilines is 1. The topological polar surface area (TPSA) is 51.2 Å². The van der Waals surface area contributed by atoms with E-state index in [0.717, 1.165) is 27.6 Å². The van der Waals surface area contributed by atoms with Gasteiger partial charge < -0.3 is 10.1 Å². The zero-order valence-electron chi connectivity index (χ0n) is 12.4. The highest BCUT2D eigenvalue weighted by molar-refractivity contribution is 7.08. The predicted molar refractivity (Wildman–Crippen MR) is 93.5 cm³/mol. The number of aromatic nitrogens is 1. The molecule has 0 spiro atoms. The molecule has 1 atom stereocenters. The quantitative estimate of drug-likeness (QED) is 0.770. The fraction of sp³-hybridized carbons (Fsp3) is 0.176. The summed E-state index contributed by atoms with van der Waals surface area (Å²) in [6.07, 6.45) is 0.480. The molecule has 1 aromatic carbocycles. The Morgan fingerprint density at radius 1 is 1.26 bits per heavy atom. The summed E-state index contributed by atoms with van der Waals surface area (Å²) in [6, 6.07) is 9.83. The van der Waals surface area contributed by atoms with Gasteiger partial charge in [-0.15, -0.1) is 0 Å². The number of nitrogens with one attached hydrogen (secondary N) is 1. The highest BCUT2D eigenvalue weighted by atomic mass is 32.1. The van der Waals surface area contributed by atoms with Crippen LogP contribution in [0.15, 0.2) is 41.1 Å². The first-order valence-electron chi connectivity index (χ1n) is 7.22. The van der Waals surface area contributed by atoms with E-state index in [1.165, 1.54) is 17.1 Å². The molecule has 6 heteroatoms. The van der Waals surface area contributed by atoms with E-state index in [0.29, 0.717) is 6.42 Å². The zero-order valence-corrected chi connectivity index (χ0v) is 14.0. The summed E-state index contributed by atoms with van der Waals surface area (Å²) < 4.78 is 9.80. The Morgan fingerprint density at radius 2 is 2.09 bits per heavy atom. The Labute approximate surface area is 141 Å². The summed E-state index contributed by atoms with van der Waals surface area (Å²) in [5.41, 5.74) is 3.86. The Hall–Kier alpha value is -2.18. The van der Waals surface area contributed by atoms with Crippen molar-refractivity contribution in [2.24, 2.45) is 0 Å². The van der Waals surface area contributed by atoms with E-state index in [1.54, 1.807) is 18.4 Å². The van der Waals surface area contributed by atoms with Gasteiger partial charge >= 0.3 is 0 Å². The molecule has 0 saturated carbocycles. The number of methoxy groups -OCH3 is 1. The second kappa shape index (κ2) is 5.79. The molecular weight excluding hydrogens is 328 g/mol. The van der Waals surface area contributed by atoms with Crippen LogP contribution in [-0.2, 0) is 4.79 Å². The van der Waals surface area contributed by atoms with Crippen LogP contribution in [0.3, 0.4) is 0 Å². The standard InChI is InChI=1S/C17H14N2O2S2/c1-21-12-4-2-10(3-5-12)15-16-17(23-19-15)13(8-14(20)18-16)11-6-7-22-9-11/h2-7,9,13H,8H2,1H3,(H,18,20)/t13-/m0/s1. The molecule has 4 rings (SSSR count). The van der Waals surface area contributed by atoms with E-state index in [4.69, 9.17) is 4.74 Å². The Morgan fingerprint density at radius 3 is 2.78 bits per heavy atom. The number of hydrogen-bond donors (Lipinski definition) is 1. The molecule has 0 aliphatic carbocycles. The molecule has 1 amide bonds. The third-order valence-electron chi connectivity index (χ3n) is 4.00. The number of ether oxygens (including phenoxy) is 1. The van der Waals surface area contributed by atoms with Crippen LogP contribution in [0.5, 0.6) is 5.75 Å². The lowest BCUT2D eigenvalue weighted by atomic mass is 9.91. The third-order valence-corrected chi connectivity index (χ3v) is 5.66. The molecule has 1 aliphatic heterocycles. The molecule has 0 saturated heterocycles. The highest BCUT2D eigenvalue weighted by Gasteiger charge is 2.31. The zero-order chi connectivity index (χ0) is 15.8. The number of rotatable bonds is 3. The molecule has 116 valence electrons. The van der Waals surface area contributed by atoms with E-state index >= 15 is 0 Å². The molecule has 3 heterocycles. The first-order valence-corrected chi connectivity index (χ1v) is 8.94. The van der Waals surface area contributed by atoms with Crippen LogP contribution in [0.2, 0.25) is 0 Å². The van der Waals surface area contributed by atoms with Gasteiger partial charge in [0.2, 0.25) is 5.91 Å². The number of thiophene rings is 1. The molecule has 1 aliphatic rings. The Balaban J connectivity index is 1.78. The normalized spacial score (nSPS) is 16.7. The summed E-state index contributed by atoms with van der Waals surface area (Å²) in [4.78, 5) is 13.3. The van der Waals surface area contributed by atoms with Crippen molar-refractivity contribution >= 4 is 34.5 Å². The lowest BCUT2D eigenvalue weighted by molar-refractivity contribution is -0.116. The molecule has 0 bridgehead atoms. The molecular formula is C17H14N2O2S2. The number of hydrogen-bond acceptors (Lipinski definition) is 5. The average Bonchev–Trinajstić information content (AvgIpc) is 3.24. The lowest BCUT2D eigenvalue weighted by Crippen LogP contribution is -2.22. The van der Waals surface area contributed by atoms with Gasteiger partial charge in [-0.3, -0.25) is 4.79 Å². The van der Waals surface area contributed by atoms with Crippen LogP contribution in [0.1, 0.15) is 22.8 Å². The molecule has 1 N–H and O–H groups in total. The first-order chi connectivity index (χ1) is 11.3. The van der Waals surface area contributed by atoms with Gasteiger partial charge in [-0.2, -0.15) is 15.7 Å². The molecule has 4 nitrogen and oxygen atoms in total. The number of nitrogens with zero attached hydrogens (tertiary/aromatic N) is 1. The van der Waals surface area contributed by atoms with E-state index in [1.807, 2.05) is 29.6 Å². The van der Waals surface area contributed by atoms with Crippen LogP contribution in [-0.4, -0.2) is 17.4 Å². The van der Waals surface area contributed by atoms with Gasteiger partial charge in [0.05, 0.1) is 17.7 Å². The molecule has 0 fully saturated rings. The predicted octanol–water partition coefficient (Wildman–Crippen LogP) is 4.35. The minimum absolute atomic E-state index is 0.0451. The van der Waals surface area contributed by atoms with Gasteiger partial charge in [0.25, 0.3) is 0 Å². The lowest BCUT2D eigenvalue weighted by Gasteiger charge is -2.21. The van der Waals surface area contributed by atoms with Gasteiger partial charge in [-0.05, 0) is 58.2 Å². The van der Waals surface area contributed by atoms with Gasteiger partial charge in [0.1, 0.15) is 11.4 Å². The van der Waals surface area contributed by atoms with E-state index in [9.17, 15) is 4.79 Å². The number of benzene rings is 1. The van der Waals surface area contributed by atoms with Crippen LogP contribution >= 0.6 is 22.9 Å². The third kappa shape index (κ3) is 2.54. The van der Waals surface area contributed by atoms with Crippen LogP contribution in [0.4, 0.5) is 5.69 Å². The maximum absolute atomic E-state index is 12.2. The number of amides is 1.